The van der Waals surface area contributed by atoms with Crippen LogP contribution in [0.4, 0.5) is 10.2 Å². The van der Waals surface area contributed by atoms with Crippen molar-refractivity contribution in [2.75, 3.05) is 44.1 Å². The van der Waals surface area contributed by atoms with Gasteiger partial charge in [-0.2, -0.15) is 5.10 Å². The van der Waals surface area contributed by atoms with Gasteiger partial charge in [0.05, 0.1) is 24.4 Å². The minimum atomic E-state index is -0.497. The van der Waals surface area contributed by atoms with Crippen molar-refractivity contribution in [1.29, 1.82) is 0 Å². The number of fused-ring (bicyclic) bond motifs is 3. The fourth-order valence-corrected chi connectivity index (χ4v) is 7.15. The molecule has 9 nitrogen and oxygen atoms in total. The summed E-state index contributed by atoms with van der Waals surface area (Å²) in [5.74, 6) is 0.736. The highest BCUT2D eigenvalue weighted by Gasteiger charge is 2.37. The minimum absolute atomic E-state index is 0.0559. The fraction of sp³-hybridized carbons (Fsp3) is 0.517. The molecule has 6 heterocycles. The van der Waals surface area contributed by atoms with Crippen LogP contribution in [-0.2, 0) is 9.47 Å². The molecule has 1 saturated carbocycles. The van der Waals surface area contributed by atoms with Gasteiger partial charge < -0.3 is 19.1 Å². The topological polar surface area (TPSA) is 87.4 Å². The Morgan fingerprint density at radius 2 is 1.98 bits per heavy atom. The molecule has 4 aliphatic rings. The molecule has 3 fully saturated rings. The lowest BCUT2D eigenvalue weighted by Crippen LogP contribution is -2.41. The van der Waals surface area contributed by atoms with Crippen molar-refractivity contribution in [1.82, 2.24) is 24.7 Å². The van der Waals surface area contributed by atoms with Crippen molar-refractivity contribution in [2.45, 2.75) is 61.9 Å². The number of rotatable bonds is 4. The number of hydrogen-bond acceptors (Lipinski definition) is 9. The first-order chi connectivity index (χ1) is 20.1. The maximum atomic E-state index is 17.0. The number of benzene rings is 1. The summed E-state index contributed by atoms with van der Waals surface area (Å²) in [6.07, 6.45) is 9.33. The SMILES string of the molecule is CSc1nc2c3c(nc(-c4c(C5CC5)c(Cl)cc5c4cnn5C4CCCCO4)c(F)c3n1)OC[C@@H]1COCCCN21. The van der Waals surface area contributed by atoms with Crippen molar-refractivity contribution < 1.29 is 18.6 Å². The Morgan fingerprint density at radius 3 is 2.78 bits per heavy atom. The molecule has 2 atom stereocenters. The van der Waals surface area contributed by atoms with E-state index in [-0.39, 0.29) is 29.4 Å². The Bertz CT molecular complexity index is 1670. The van der Waals surface area contributed by atoms with Gasteiger partial charge in [0, 0.05) is 35.7 Å². The van der Waals surface area contributed by atoms with E-state index in [4.69, 9.17) is 40.9 Å². The molecular formula is C29H30ClFN6O3S. The lowest BCUT2D eigenvalue weighted by molar-refractivity contribution is -0.0366. The number of anilines is 1. The molecule has 41 heavy (non-hydrogen) atoms. The molecule has 0 amide bonds. The summed E-state index contributed by atoms with van der Waals surface area (Å²) in [6.45, 7) is 2.96. The van der Waals surface area contributed by atoms with E-state index < -0.39 is 5.82 Å². The van der Waals surface area contributed by atoms with E-state index in [1.165, 1.54) is 11.8 Å². The van der Waals surface area contributed by atoms with Crippen LogP contribution >= 0.6 is 23.4 Å². The van der Waals surface area contributed by atoms with Gasteiger partial charge in [0.15, 0.2) is 17.2 Å². The van der Waals surface area contributed by atoms with Crippen molar-refractivity contribution in [3.8, 4) is 17.1 Å². The molecule has 0 N–H and O–H groups in total. The largest absolute Gasteiger partial charge is 0.475 e. The summed E-state index contributed by atoms with van der Waals surface area (Å²) in [5.41, 5.74) is 2.80. The van der Waals surface area contributed by atoms with Crippen LogP contribution in [0.3, 0.4) is 0 Å². The summed E-state index contributed by atoms with van der Waals surface area (Å²) in [4.78, 5) is 16.6. The Kier molecular flexibility index (Phi) is 6.46. The predicted octanol–water partition coefficient (Wildman–Crippen LogP) is 6.12. The number of aromatic nitrogens is 5. The number of thioether (sulfide) groups is 1. The molecule has 1 aliphatic carbocycles. The zero-order valence-electron chi connectivity index (χ0n) is 22.7. The van der Waals surface area contributed by atoms with Gasteiger partial charge in [-0.05, 0) is 62.3 Å². The minimum Gasteiger partial charge on any atom is -0.475 e. The highest BCUT2D eigenvalue weighted by Crippen LogP contribution is 2.51. The van der Waals surface area contributed by atoms with Crippen LogP contribution in [0.25, 0.3) is 33.1 Å². The molecule has 1 aromatic carbocycles. The van der Waals surface area contributed by atoms with Crippen LogP contribution in [0, 0.1) is 5.82 Å². The van der Waals surface area contributed by atoms with E-state index in [9.17, 15) is 0 Å². The molecule has 3 aromatic heterocycles. The number of pyridine rings is 1. The summed E-state index contributed by atoms with van der Waals surface area (Å²) in [7, 11) is 0. The summed E-state index contributed by atoms with van der Waals surface area (Å²) >= 11 is 8.39. The standard InChI is InChI=1S/C29H30ClFN6O3S/c1-41-29-34-26-23-27(35-29)36-8-4-9-38-13-16(36)14-40-28(23)33-25(24(26)31)22-17-12-32-37(20-5-2-3-10-39-20)19(17)11-18(30)21(22)15-6-7-15/h11-12,15-16,20H,2-10,13-14H2,1H3/t16-,20?/m0/s1. The molecule has 12 heteroatoms. The molecular weight excluding hydrogens is 567 g/mol. The van der Waals surface area contributed by atoms with Gasteiger partial charge in [-0.3, -0.25) is 0 Å². The molecule has 8 rings (SSSR count). The van der Waals surface area contributed by atoms with Crippen molar-refractivity contribution >= 4 is 51.0 Å². The van der Waals surface area contributed by atoms with Gasteiger partial charge >= 0.3 is 0 Å². The molecule has 0 spiro atoms. The third-order valence-corrected chi connectivity index (χ3v) is 9.42. The first-order valence-corrected chi connectivity index (χ1v) is 16.0. The number of nitrogens with zero attached hydrogens (tertiary/aromatic N) is 6. The second-order valence-corrected chi connectivity index (χ2v) is 12.4. The predicted molar refractivity (Wildman–Crippen MR) is 156 cm³/mol. The molecule has 1 unspecified atom stereocenters. The maximum absolute atomic E-state index is 17.0. The van der Waals surface area contributed by atoms with E-state index in [1.807, 2.05) is 17.0 Å². The van der Waals surface area contributed by atoms with Gasteiger partial charge in [0.2, 0.25) is 5.88 Å². The van der Waals surface area contributed by atoms with Gasteiger partial charge in [-0.25, -0.2) is 24.0 Å². The highest BCUT2D eigenvalue weighted by molar-refractivity contribution is 7.98. The van der Waals surface area contributed by atoms with Crippen LogP contribution in [-0.4, -0.2) is 70.0 Å². The zero-order valence-corrected chi connectivity index (χ0v) is 24.3. The van der Waals surface area contributed by atoms with Gasteiger partial charge in [0.1, 0.15) is 29.0 Å². The van der Waals surface area contributed by atoms with Gasteiger partial charge in [-0.1, -0.05) is 23.4 Å². The summed E-state index contributed by atoms with van der Waals surface area (Å²) in [6, 6.07) is 1.90. The van der Waals surface area contributed by atoms with E-state index in [2.05, 4.69) is 9.88 Å². The Morgan fingerprint density at radius 1 is 1.07 bits per heavy atom. The van der Waals surface area contributed by atoms with Crippen LogP contribution < -0.4 is 9.64 Å². The van der Waals surface area contributed by atoms with Crippen LogP contribution in [0.2, 0.25) is 5.02 Å². The second kappa shape index (κ2) is 10.2. The monoisotopic (exact) mass is 596 g/mol. The smallest absolute Gasteiger partial charge is 0.227 e. The van der Waals surface area contributed by atoms with E-state index in [0.29, 0.717) is 59.3 Å². The second-order valence-electron chi connectivity index (χ2n) is 11.2. The van der Waals surface area contributed by atoms with Crippen molar-refractivity contribution in [2.24, 2.45) is 0 Å². The molecule has 0 radical (unpaired) electrons. The summed E-state index contributed by atoms with van der Waals surface area (Å²) in [5, 5.41) is 7.14. The molecule has 214 valence electrons. The van der Waals surface area contributed by atoms with Crippen LogP contribution in [0.15, 0.2) is 17.4 Å². The third kappa shape index (κ3) is 4.26. The number of hydrogen-bond donors (Lipinski definition) is 0. The molecule has 3 aliphatic heterocycles. The first-order valence-electron chi connectivity index (χ1n) is 14.4. The average Bonchev–Trinajstić information content (AvgIpc) is 3.80. The fourth-order valence-electron chi connectivity index (χ4n) is 6.44. The molecule has 0 bridgehead atoms. The van der Waals surface area contributed by atoms with E-state index >= 15 is 4.39 Å². The number of ether oxygens (including phenoxy) is 3. The average molecular weight is 597 g/mol. The zero-order chi connectivity index (χ0) is 27.7. The van der Waals surface area contributed by atoms with Crippen molar-refractivity contribution in [3.05, 3.63) is 28.7 Å². The van der Waals surface area contributed by atoms with Crippen LogP contribution in [0.1, 0.15) is 56.2 Å². The Balaban J connectivity index is 1.39. The van der Waals surface area contributed by atoms with E-state index in [0.717, 1.165) is 61.5 Å². The number of halogens is 2. The van der Waals surface area contributed by atoms with Crippen molar-refractivity contribution in [3.63, 3.8) is 0 Å². The third-order valence-electron chi connectivity index (χ3n) is 8.56. The molecule has 2 saturated heterocycles. The first kappa shape index (κ1) is 25.9. The normalized spacial score (nSPS) is 22.9. The maximum Gasteiger partial charge on any atom is 0.227 e. The highest BCUT2D eigenvalue weighted by atomic mass is 35.5. The lowest BCUT2D eigenvalue weighted by atomic mass is 9.95. The summed E-state index contributed by atoms with van der Waals surface area (Å²) < 4.78 is 37.1. The van der Waals surface area contributed by atoms with Gasteiger partial charge in [-0.15, -0.1) is 0 Å². The molecule has 4 aromatic rings. The Hall–Kier alpha value is -2.73. The van der Waals surface area contributed by atoms with Gasteiger partial charge in [0.25, 0.3) is 0 Å². The Labute approximate surface area is 245 Å². The van der Waals surface area contributed by atoms with E-state index in [1.54, 1.807) is 6.20 Å². The quantitative estimate of drug-likeness (QED) is 0.204. The lowest BCUT2D eigenvalue weighted by Gasteiger charge is -2.28. The van der Waals surface area contributed by atoms with Crippen LogP contribution in [0.5, 0.6) is 5.88 Å².